The fraction of sp³-hybridized carbons (Fsp3) is 0.500. The van der Waals surface area contributed by atoms with Crippen molar-refractivity contribution in [2.75, 3.05) is 29.4 Å². The van der Waals surface area contributed by atoms with E-state index in [0.29, 0.717) is 0 Å². The molecule has 3 heteroatoms. The fourth-order valence-electron chi connectivity index (χ4n) is 2.89. The molecule has 1 aromatic rings. The van der Waals surface area contributed by atoms with Gasteiger partial charge < -0.3 is 9.80 Å². The summed E-state index contributed by atoms with van der Waals surface area (Å²) < 4.78 is 0. The molecule has 0 atom stereocenters. The highest BCUT2D eigenvalue weighted by molar-refractivity contribution is 5.94. The van der Waals surface area contributed by atoms with Crippen molar-refractivity contribution >= 4 is 17.3 Å². The van der Waals surface area contributed by atoms with Crippen molar-refractivity contribution in [3.8, 4) is 0 Å². The second-order valence-electron chi connectivity index (χ2n) is 4.93. The molecule has 2 aliphatic heterocycles. The number of hydrogen-bond acceptors (Lipinski definition) is 2. The minimum atomic E-state index is 0.151. The second-order valence-corrected chi connectivity index (χ2v) is 4.93. The minimum absolute atomic E-state index is 0.151. The molecule has 1 saturated heterocycles. The molecule has 0 bridgehead atoms. The van der Waals surface area contributed by atoms with Gasteiger partial charge in [-0.25, -0.2) is 0 Å². The average molecular weight is 230 g/mol. The first-order valence-electron chi connectivity index (χ1n) is 6.42. The van der Waals surface area contributed by atoms with E-state index in [1.165, 1.54) is 37.2 Å². The Hall–Kier alpha value is -1.51. The molecule has 3 nitrogen and oxygen atoms in total. The first-order valence-corrected chi connectivity index (χ1v) is 6.42. The van der Waals surface area contributed by atoms with E-state index >= 15 is 0 Å². The standard InChI is InChI=1S/C14H18N2O/c1-11(17)16-9-6-12-10-13(4-5-14(12)16)15-7-2-3-8-15/h4-5,10H,2-3,6-9H2,1H3. The molecule has 1 fully saturated rings. The van der Waals surface area contributed by atoms with Crippen LogP contribution >= 0.6 is 0 Å². The van der Waals surface area contributed by atoms with Gasteiger partial charge in [-0.1, -0.05) is 0 Å². The van der Waals surface area contributed by atoms with Crippen LogP contribution in [0.2, 0.25) is 0 Å². The number of rotatable bonds is 1. The van der Waals surface area contributed by atoms with E-state index in [2.05, 4.69) is 23.1 Å². The zero-order valence-corrected chi connectivity index (χ0v) is 10.3. The van der Waals surface area contributed by atoms with Crippen LogP contribution in [0.1, 0.15) is 25.3 Å². The summed E-state index contributed by atoms with van der Waals surface area (Å²) in [6.45, 7) is 4.84. The lowest BCUT2D eigenvalue weighted by molar-refractivity contribution is -0.116. The Balaban J connectivity index is 1.90. The van der Waals surface area contributed by atoms with Gasteiger partial charge in [0, 0.05) is 37.9 Å². The summed E-state index contributed by atoms with van der Waals surface area (Å²) in [6.07, 6.45) is 3.60. The Bertz CT molecular complexity index is 450. The summed E-state index contributed by atoms with van der Waals surface area (Å²) in [6, 6.07) is 6.53. The summed E-state index contributed by atoms with van der Waals surface area (Å²) in [7, 11) is 0. The van der Waals surface area contributed by atoms with E-state index in [4.69, 9.17) is 0 Å². The summed E-state index contributed by atoms with van der Waals surface area (Å²) in [4.78, 5) is 15.8. The van der Waals surface area contributed by atoms with Crippen LogP contribution in [-0.2, 0) is 11.2 Å². The quantitative estimate of drug-likeness (QED) is 0.738. The van der Waals surface area contributed by atoms with Gasteiger partial charge in [-0.3, -0.25) is 4.79 Å². The van der Waals surface area contributed by atoms with Crippen LogP contribution in [0.5, 0.6) is 0 Å². The van der Waals surface area contributed by atoms with E-state index in [0.717, 1.165) is 18.7 Å². The zero-order valence-electron chi connectivity index (χ0n) is 10.3. The molecule has 0 aromatic heterocycles. The highest BCUT2D eigenvalue weighted by Crippen LogP contribution is 2.32. The van der Waals surface area contributed by atoms with Crippen LogP contribution in [0, 0.1) is 0 Å². The Morgan fingerprint density at radius 1 is 1.18 bits per heavy atom. The number of nitrogens with zero attached hydrogens (tertiary/aromatic N) is 2. The van der Waals surface area contributed by atoms with Crippen molar-refractivity contribution in [2.45, 2.75) is 26.2 Å². The molecule has 0 spiro atoms. The number of carbonyl (C=O) groups excluding carboxylic acids is 1. The van der Waals surface area contributed by atoms with Gasteiger partial charge in [0.05, 0.1) is 0 Å². The Kier molecular flexibility index (Phi) is 2.54. The van der Waals surface area contributed by atoms with Gasteiger partial charge >= 0.3 is 0 Å². The third-order valence-corrected chi connectivity index (χ3v) is 3.81. The van der Waals surface area contributed by atoms with Crippen molar-refractivity contribution in [2.24, 2.45) is 0 Å². The van der Waals surface area contributed by atoms with E-state index in [9.17, 15) is 4.79 Å². The summed E-state index contributed by atoms with van der Waals surface area (Å²) in [5.41, 5.74) is 3.76. The monoisotopic (exact) mass is 230 g/mol. The summed E-state index contributed by atoms with van der Waals surface area (Å²) in [5.74, 6) is 0.151. The lowest BCUT2D eigenvalue weighted by Crippen LogP contribution is -2.25. The molecule has 0 saturated carbocycles. The van der Waals surface area contributed by atoms with Crippen molar-refractivity contribution in [3.05, 3.63) is 23.8 Å². The van der Waals surface area contributed by atoms with E-state index in [-0.39, 0.29) is 5.91 Å². The Labute approximate surface area is 102 Å². The van der Waals surface area contributed by atoms with E-state index in [1.54, 1.807) is 6.92 Å². The van der Waals surface area contributed by atoms with Crippen molar-refractivity contribution < 1.29 is 4.79 Å². The van der Waals surface area contributed by atoms with Crippen molar-refractivity contribution in [3.63, 3.8) is 0 Å². The van der Waals surface area contributed by atoms with Gasteiger partial charge in [0.2, 0.25) is 5.91 Å². The molecule has 3 rings (SSSR count). The third kappa shape index (κ3) is 1.79. The maximum absolute atomic E-state index is 11.5. The highest BCUT2D eigenvalue weighted by Gasteiger charge is 2.23. The predicted octanol–water partition coefficient (Wildman–Crippen LogP) is 2.20. The number of anilines is 2. The van der Waals surface area contributed by atoms with Gasteiger partial charge in [0.1, 0.15) is 0 Å². The Morgan fingerprint density at radius 2 is 1.94 bits per heavy atom. The lowest BCUT2D eigenvalue weighted by atomic mass is 10.1. The summed E-state index contributed by atoms with van der Waals surface area (Å²) in [5, 5.41) is 0. The molecule has 2 aliphatic rings. The van der Waals surface area contributed by atoms with E-state index < -0.39 is 0 Å². The average Bonchev–Trinajstić information content (AvgIpc) is 2.97. The van der Waals surface area contributed by atoms with Crippen LogP contribution < -0.4 is 9.80 Å². The first kappa shape index (κ1) is 10.6. The molecular weight excluding hydrogens is 212 g/mol. The number of amides is 1. The topological polar surface area (TPSA) is 23.6 Å². The molecule has 1 aromatic carbocycles. The van der Waals surface area contributed by atoms with E-state index in [1.807, 2.05) is 4.90 Å². The maximum Gasteiger partial charge on any atom is 0.223 e. The lowest BCUT2D eigenvalue weighted by Gasteiger charge is -2.20. The Morgan fingerprint density at radius 3 is 2.65 bits per heavy atom. The molecule has 0 N–H and O–H groups in total. The van der Waals surface area contributed by atoms with Gasteiger partial charge in [-0.05, 0) is 43.0 Å². The molecule has 0 radical (unpaired) electrons. The number of benzene rings is 1. The largest absolute Gasteiger partial charge is 0.372 e. The first-order chi connectivity index (χ1) is 8.25. The van der Waals surface area contributed by atoms with Crippen LogP contribution in [0.3, 0.4) is 0 Å². The molecule has 1 amide bonds. The van der Waals surface area contributed by atoms with Crippen LogP contribution in [0.4, 0.5) is 11.4 Å². The van der Waals surface area contributed by atoms with Gasteiger partial charge in [-0.2, -0.15) is 0 Å². The normalized spacial score (nSPS) is 18.6. The second kappa shape index (κ2) is 4.06. The maximum atomic E-state index is 11.5. The zero-order chi connectivity index (χ0) is 11.8. The third-order valence-electron chi connectivity index (χ3n) is 3.81. The molecule has 0 aliphatic carbocycles. The summed E-state index contributed by atoms with van der Waals surface area (Å²) >= 11 is 0. The fourth-order valence-corrected chi connectivity index (χ4v) is 2.89. The van der Waals surface area contributed by atoms with Crippen LogP contribution in [0.15, 0.2) is 18.2 Å². The number of fused-ring (bicyclic) bond motifs is 1. The SMILES string of the molecule is CC(=O)N1CCc2cc(N3CCCC3)ccc21. The predicted molar refractivity (Wildman–Crippen MR) is 69.6 cm³/mol. The molecule has 17 heavy (non-hydrogen) atoms. The molecule has 2 heterocycles. The molecule has 0 unspecified atom stereocenters. The molecular formula is C14H18N2O. The van der Waals surface area contributed by atoms with Gasteiger partial charge in [-0.15, -0.1) is 0 Å². The van der Waals surface area contributed by atoms with Gasteiger partial charge in [0.25, 0.3) is 0 Å². The highest BCUT2D eigenvalue weighted by atomic mass is 16.2. The number of carbonyl (C=O) groups is 1. The minimum Gasteiger partial charge on any atom is -0.372 e. The van der Waals surface area contributed by atoms with Crippen LogP contribution in [0.25, 0.3) is 0 Å². The molecule has 90 valence electrons. The smallest absolute Gasteiger partial charge is 0.223 e. The van der Waals surface area contributed by atoms with Crippen LogP contribution in [-0.4, -0.2) is 25.5 Å². The van der Waals surface area contributed by atoms with Crippen molar-refractivity contribution in [1.82, 2.24) is 0 Å². The van der Waals surface area contributed by atoms with Crippen molar-refractivity contribution in [1.29, 1.82) is 0 Å². The number of hydrogen-bond donors (Lipinski definition) is 0. The van der Waals surface area contributed by atoms with Gasteiger partial charge in [0.15, 0.2) is 0 Å².